The number of carbonyl (C=O) groups is 1. The zero-order chi connectivity index (χ0) is 13.4. The van der Waals surface area contributed by atoms with Crippen LogP contribution in [0.4, 0.5) is 0 Å². The molecule has 1 aromatic rings. The van der Waals surface area contributed by atoms with Gasteiger partial charge < -0.3 is 15.0 Å². The summed E-state index contributed by atoms with van der Waals surface area (Å²) in [5.74, 6) is 2.20. The molecular formula is C15H20N2O2. The first-order valence-corrected chi connectivity index (χ1v) is 6.84. The van der Waals surface area contributed by atoms with Gasteiger partial charge in [-0.2, -0.15) is 0 Å². The Hall–Kier alpha value is -1.55. The zero-order valence-corrected chi connectivity index (χ0v) is 11.5. The standard InChI is InChI=1S/C15H20N2O2/c1-10-13(4-3-5-14(10)19-2)15(18)17-8-11-6-16-7-12(11)9-17/h3-5,11-12,16H,6-9H2,1-2H3. The lowest BCUT2D eigenvalue weighted by molar-refractivity contribution is 0.0780. The first-order chi connectivity index (χ1) is 9.20. The molecule has 0 aliphatic carbocycles. The van der Waals surface area contributed by atoms with E-state index in [1.165, 1.54) is 0 Å². The topological polar surface area (TPSA) is 41.6 Å². The van der Waals surface area contributed by atoms with Crippen LogP contribution in [0.1, 0.15) is 15.9 Å². The second-order valence-electron chi connectivity index (χ2n) is 5.52. The minimum Gasteiger partial charge on any atom is -0.496 e. The van der Waals surface area contributed by atoms with Gasteiger partial charge in [-0.15, -0.1) is 0 Å². The van der Waals surface area contributed by atoms with Crippen molar-refractivity contribution in [2.45, 2.75) is 6.92 Å². The van der Waals surface area contributed by atoms with Crippen LogP contribution in [0.25, 0.3) is 0 Å². The molecule has 2 atom stereocenters. The van der Waals surface area contributed by atoms with E-state index in [4.69, 9.17) is 4.74 Å². The Kier molecular flexibility index (Phi) is 3.19. The summed E-state index contributed by atoms with van der Waals surface area (Å²) < 4.78 is 5.29. The van der Waals surface area contributed by atoms with Gasteiger partial charge in [-0.3, -0.25) is 4.79 Å². The van der Waals surface area contributed by atoms with Crippen molar-refractivity contribution in [1.82, 2.24) is 10.2 Å². The lowest BCUT2D eigenvalue weighted by Gasteiger charge is -2.19. The third kappa shape index (κ3) is 2.10. The summed E-state index contributed by atoms with van der Waals surface area (Å²) in [6.07, 6.45) is 0. The molecule has 2 heterocycles. The van der Waals surface area contributed by atoms with Crippen molar-refractivity contribution in [3.05, 3.63) is 29.3 Å². The van der Waals surface area contributed by atoms with Crippen LogP contribution in [-0.4, -0.2) is 44.1 Å². The van der Waals surface area contributed by atoms with Gasteiger partial charge in [-0.25, -0.2) is 0 Å². The molecule has 2 aliphatic rings. The molecule has 2 saturated heterocycles. The van der Waals surface area contributed by atoms with Gasteiger partial charge in [0.2, 0.25) is 0 Å². The number of hydrogen-bond donors (Lipinski definition) is 1. The van der Waals surface area contributed by atoms with Gasteiger partial charge in [0.1, 0.15) is 5.75 Å². The third-order valence-corrected chi connectivity index (χ3v) is 4.41. The van der Waals surface area contributed by atoms with Crippen LogP contribution in [0.3, 0.4) is 0 Å². The van der Waals surface area contributed by atoms with Crippen molar-refractivity contribution >= 4 is 5.91 Å². The molecule has 4 heteroatoms. The van der Waals surface area contributed by atoms with Crippen LogP contribution >= 0.6 is 0 Å². The second kappa shape index (κ2) is 4.85. The van der Waals surface area contributed by atoms with E-state index in [0.717, 1.165) is 43.1 Å². The third-order valence-electron chi connectivity index (χ3n) is 4.41. The average molecular weight is 260 g/mol. The zero-order valence-electron chi connectivity index (χ0n) is 11.5. The van der Waals surface area contributed by atoms with Crippen LogP contribution in [0.15, 0.2) is 18.2 Å². The summed E-state index contributed by atoms with van der Waals surface area (Å²) in [4.78, 5) is 14.6. The summed E-state index contributed by atoms with van der Waals surface area (Å²) in [5, 5.41) is 3.40. The highest BCUT2D eigenvalue weighted by molar-refractivity contribution is 5.96. The van der Waals surface area contributed by atoms with Crippen molar-refractivity contribution in [3.63, 3.8) is 0 Å². The SMILES string of the molecule is COc1cccc(C(=O)N2CC3CNCC3C2)c1C. The number of rotatable bonds is 2. The minimum absolute atomic E-state index is 0.144. The fraction of sp³-hybridized carbons (Fsp3) is 0.533. The van der Waals surface area contributed by atoms with E-state index in [1.54, 1.807) is 7.11 Å². The van der Waals surface area contributed by atoms with Gasteiger partial charge in [0, 0.05) is 37.3 Å². The van der Waals surface area contributed by atoms with Crippen LogP contribution in [0.5, 0.6) is 5.75 Å². The van der Waals surface area contributed by atoms with Gasteiger partial charge in [0.25, 0.3) is 5.91 Å². The highest BCUT2D eigenvalue weighted by Crippen LogP contribution is 2.29. The number of carbonyl (C=O) groups excluding carboxylic acids is 1. The van der Waals surface area contributed by atoms with Crippen LogP contribution < -0.4 is 10.1 Å². The van der Waals surface area contributed by atoms with Gasteiger partial charge in [-0.1, -0.05) is 6.07 Å². The first-order valence-electron chi connectivity index (χ1n) is 6.84. The number of hydrogen-bond acceptors (Lipinski definition) is 3. The van der Waals surface area contributed by atoms with E-state index in [9.17, 15) is 4.79 Å². The summed E-state index contributed by atoms with van der Waals surface area (Å²) >= 11 is 0. The number of amides is 1. The maximum Gasteiger partial charge on any atom is 0.254 e. The Morgan fingerprint density at radius 3 is 2.63 bits per heavy atom. The molecule has 19 heavy (non-hydrogen) atoms. The van der Waals surface area contributed by atoms with Crippen LogP contribution in [0, 0.1) is 18.8 Å². The van der Waals surface area contributed by atoms with Gasteiger partial charge in [0.05, 0.1) is 7.11 Å². The fourth-order valence-electron chi connectivity index (χ4n) is 3.26. The Bertz CT molecular complexity index is 489. The lowest BCUT2D eigenvalue weighted by Crippen LogP contribution is -2.32. The summed E-state index contributed by atoms with van der Waals surface area (Å²) in [5.41, 5.74) is 1.71. The second-order valence-corrected chi connectivity index (χ2v) is 5.52. The normalized spacial score (nSPS) is 25.5. The first kappa shape index (κ1) is 12.5. The average Bonchev–Trinajstić information content (AvgIpc) is 2.99. The van der Waals surface area contributed by atoms with Crippen molar-refractivity contribution in [2.75, 3.05) is 33.3 Å². The molecule has 2 unspecified atom stereocenters. The monoisotopic (exact) mass is 260 g/mol. The molecule has 0 radical (unpaired) electrons. The highest BCUT2D eigenvalue weighted by atomic mass is 16.5. The largest absolute Gasteiger partial charge is 0.496 e. The number of nitrogens with one attached hydrogen (secondary N) is 1. The molecule has 4 nitrogen and oxygen atoms in total. The summed E-state index contributed by atoms with van der Waals surface area (Å²) in [6, 6.07) is 5.68. The molecule has 0 saturated carbocycles. The molecule has 3 rings (SSSR count). The number of nitrogens with zero attached hydrogens (tertiary/aromatic N) is 1. The van der Waals surface area contributed by atoms with E-state index in [2.05, 4.69) is 5.32 Å². The van der Waals surface area contributed by atoms with Crippen molar-refractivity contribution < 1.29 is 9.53 Å². The predicted molar refractivity (Wildman–Crippen MR) is 73.5 cm³/mol. The molecule has 2 aliphatic heterocycles. The Morgan fingerprint density at radius 2 is 2.00 bits per heavy atom. The van der Waals surface area contributed by atoms with Crippen molar-refractivity contribution in [3.8, 4) is 5.75 Å². The van der Waals surface area contributed by atoms with E-state index in [1.807, 2.05) is 30.0 Å². The Balaban J connectivity index is 1.81. The number of benzene rings is 1. The Morgan fingerprint density at radius 1 is 1.32 bits per heavy atom. The molecule has 0 bridgehead atoms. The smallest absolute Gasteiger partial charge is 0.254 e. The van der Waals surface area contributed by atoms with Crippen molar-refractivity contribution in [2.24, 2.45) is 11.8 Å². The van der Waals surface area contributed by atoms with E-state index < -0.39 is 0 Å². The lowest BCUT2D eigenvalue weighted by atomic mass is 10.0. The van der Waals surface area contributed by atoms with Gasteiger partial charge in [0.15, 0.2) is 0 Å². The minimum atomic E-state index is 0.144. The highest BCUT2D eigenvalue weighted by Gasteiger charge is 2.38. The maximum absolute atomic E-state index is 12.6. The van der Waals surface area contributed by atoms with E-state index >= 15 is 0 Å². The molecule has 1 aromatic carbocycles. The number of ether oxygens (including phenoxy) is 1. The van der Waals surface area contributed by atoms with E-state index in [-0.39, 0.29) is 5.91 Å². The molecule has 102 valence electrons. The number of methoxy groups -OCH3 is 1. The molecule has 2 fully saturated rings. The Labute approximate surface area is 113 Å². The molecular weight excluding hydrogens is 240 g/mol. The number of fused-ring (bicyclic) bond motifs is 1. The van der Waals surface area contributed by atoms with E-state index in [0.29, 0.717) is 11.8 Å². The molecule has 0 aromatic heterocycles. The number of likely N-dealkylation sites (tertiary alicyclic amines) is 1. The fourth-order valence-corrected chi connectivity index (χ4v) is 3.26. The maximum atomic E-state index is 12.6. The molecule has 0 spiro atoms. The van der Waals surface area contributed by atoms with Gasteiger partial charge in [-0.05, 0) is 30.9 Å². The summed E-state index contributed by atoms with van der Waals surface area (Å²) in [6.45, 7) is 5.81. The molecule has 1 amide bonds. The van der Waals surface area contributed by atoms with Crippen LogP contribution in [-0.2, 0) is 0 Å². The summed E-state index contributed by atoms with van der Waals surface area (Å²) in [7, 11) is 1.64. The van der Waals surface area contributed by atoms with Gasteiger partial charge >= 0.3 is 0 Å². The quantitative estimate of drug-likeness (QED) is 0.871. The van der Waals surface area contributed by atoms with Crippen molar-refractivity contribution in [1.29, 1.82) is 0 Å². The van der Waals surface area contributed by atoms with Crippen LogP contribution in [0.2, 0.25) is 0 Å². The predicted octanol–water partition coefficient (Wildman–Crippen LogP) is 1.30. The molecule has 1 N–H and O–H groups in total.